The van der Waals surface area contributed by atoms with E-state index < -0.39 is 0 Å². The molecule has 0 aromatic heterocycles. The summed E-state index contributed by atoms with van der Waals surface area (Å²) in [4.78, 5) is 14.1. The number of aliphatic hydroxyl groups is 1. The highest BCUT2D eigenvalue weighted by Crippen LogP contribution is 2.30. The van der Waals surface area contributed by atoms with Crippen molar-refractivity contribution in [3.8, 4) is 0 Å². The van der Waals surface area contributed by atoms with Crippen LogP contribution in [0.1, 0.15) is 23.2 Å². The molecule has 0 saturated carbocycles. The Kier molecular flexibility index (Phi) is 4.55. The second kappa shape index (κ2) is 5.99. The van der Waals surface area contributed by atoms with Crippen molar-refractivity contribution >= 4 is 34.8 Å². The van der Waals surface area contributed by atoms with E-state index in [1.54, 1.807) is 11.0 Å². The van der Waals surface area contributed by atoms with E-state index in [9.17, 15) is 9.90 Å². The molecule has 2 rings (SSSR count). The van der Waals surface area contributed by atoms with Gasteiger partial charge in [-0.3, -0.25) is 4.79 Å². The number of halogens is 2. The standard InChI is InChI=1S/C13H16Cl2N2O2/c14-10-4-9(5-11(16)12(10)15)13(19)17-3-1-2-8(6-17)7-18/h4-5,8,18H,1-3,6-7,16H2. The van der Waals surface area contributed by atoms with Gasteiger partial charge in [0.15, 0.2) is 0 Å². The van der Waals surface area contributed by atoms with Crippen LogP contribution in [0.3, 0.4) is 0 Å². The van der Waals surface area contributed by atoms with Crippen LogP contribution < -0.4 is 5.73 Å². The number of hydrogen-bond acceptors (Lipinski definition) is 3. The number of hydrogen-bond donors (Lipinski definition) is 2. The topological polar surface area (TPSA) is 66.6 Å². The van der Waals surface area contributed by atoms with Crippen molar-refractivity contribution in [2.45, 2.75) is 12.8 Å². The molecular weight excluding hydrogens is 287 g/mol. The fraction of sp³-hybridized carbons (Fsp3) is 0.462. The highest BCUT2D eigenvalue weighted by Gasteiger charge is 2.24. The molecule has 1 saturated heterocycles. The second-order valence-electron chi connectivity index (χ2n) is 4.80. The van der Waals surface area contributed by atoms with Crippen LogP contribution in [0.5, 0.6) is 0 Å². The zero-order chi connectivity index (χ0) is 14.0. The number of benzene rings is 1. The summed E-state index contributed by atoms with van der Waals surface area (Å²) in [5, 5.41) is 9.74. The van der Waals surface area contributed by atoms with Crippen molar-refractivity contribution in [2.75, 3.05) is 25.4 Å². The van der Waals surface area contributed by atoms with E-state index in [2.05, 4.69) is 0 Å². The SMILES string of the molecule is Nc1cc(C(=O)N2CCCC(CO)C2)cc(Cl)c1Cl. The lowest BCUT2D eigenvalue weighted by Crippen LogP contribution is -2.40. The number of anilines is 1. The third-order valence-electron chi connectivity index (χ3n) is 3.37. The van der Waals surface area contributed by atoms with E-state index in [0.717, 1.165) is 12.8 Å². The molecule has 1 aliphatic heterocycles. The van der Waals surface area contributed by atoms with Gasteiger partial charge in [-0.05, 0) is 30.9 Å². The molecule has 6 heteroatoms. The molecule has 0 radical (unpaired) electrons. The molecule has 0 bridgehead atoms. The Morgan fingerprint density at radius 3 is 2.84 bits per heavy atom. The molecule has 0 spiro atoms. The van der Waals surface area contributed by atoms with Crippen LogP contribution in [0.15, 0.2) is 12.1 Å². The van der Waals surface area contributed by atoms with E-state index in [4.69, 9.17) is 28.9 Å². The molecule has 1 fully saturated rings. The molecule has 4 nitrogen and oxygen atoms in total. The largest absolute Gasteiger partial charge is 0.397 e. The highest BCUT2D eigenvalue weighted by atomic mass is 35.5. The maximum atomic E-state index is 12.4. The number of piperidine rings is 1. The number of rotatable bonds is 2. The Bertz CT molecular complexity index is 471. The Labute approximate surface area is 122 Å². The van der Waals surface area contributed by atoms with Crippen molar-refractivity contribution in [3.05, 3.63) is 27.7 Å². The molecular formula is C13H16Cl2N2O2. The van der Waals surface area contributed by atoms with Crippen molar-refractivity contribution < 1.29 is 9.90 Å². The number of carbonyl (C=O) groups excluding carboxylic acids is 1. The van der Waals surface area contributed by atoms with Gasteiger partial charge >= 0.3 is 0 Å². The lowest BCUT2D eigenvalue weighted by atomic mass is 9.98. The normalized spacial score (nSPS) is 19.5. The summed E-state index contributed by atoms with van der Waals surface area (Å²) in [6, 6.07) is 3.07. The molecule has 1 aromatic rings. The van der Waals surface area contributed by atoms with Gasteiger partial charge in [-0.25, -0.2) is 0 Å². The van der Waals surface area contributed by atoms with Gasteiger partial charge in [-0.2, -0.15) is 0 Å². The van der Waals surface area contributed by atoms with Crippen molar-refractivity contribution in [1.29, 1.82) is 0 Å². The highest BCUT2D eigenvalue weighted by molar-refractivity contribution is 6.43. The third-order valence-corrected chi connectivity index (χ3v) is 4.18. The van der Waals surface area contributed by atoms with Gasteiger partial charge in [0.2, 0.25) is 0 Å². The molecule has 104 valence electrons. The van der Waals surface area contributed by atoms with Gasteiger partial charge in [0.1, 0.15) is 0 Å². The van der Waals surface area contributed by atoms with Gasteiger partial charge in [-0.1, -0.05) is 23.2 Å². The second-order valence-corrected chi connectivity index (χ2v) is 5.59. The van der Waals surface area contributed by atoms with Crippen LogP contribution in [-0.2, 0) is 0 Å². The molecule has 1 aliphatic rings. The Balaban J connectivity index is 2.19. The zero-order valence-electron chi connectivity index (χ0n) is 10.4. The average Bonchev–Trinajstić information content (AvgIpc) is 2.43. The maximum Gasteiger partial charge on any atom is 0.253 e. The number of nitrogens with two attached hydrogens (primary N) is 1. The first kappa shape index (κ1) is 14.4. The number of nitrogens with zero attached hydrogens (tertiary/aromatic N) is 1. The van der Waals surface area contributed by atoms with Crippen LogP contribution in [-0.4, -0.2) is 35.6 Å². The fourth-order valence-corrected chi connectivity index (χ4v) is 2.65. The molecule has 3 N–H and O–H groups in total. The Hall–Kier alpha value is -0.970. The quantitative estimate of drug-likeness (QED) is 0.825. The monoisotopic (exact) mass is 302 g/mol. The van der Waals surface area contributed by atoms with Crippen LogP contribution in [0.2, 0.25) is 10.0 Å². The molecule has 1 aromatic carbocycles. The fourth-order valence-electron chi connectivity index (χ4n) is 2.31. The Morgan fingerprint density at radius 2 is 2.21 bits per heavy atom. The summed E-state index contributed by atoms with van der Waals surface area (Å²) in [6.07, 6.45) is 1.84. The van der Waals surface area contributed by atoms with Crippen LogP contribution in [0, 0.1) is 5.92 Å². The lowest BCUT2D eigenvalue weighted by Gasteiger charge is -2.32. The van der Waals surface area contributed by atoms with Crippen molar-refractivity contribution in [1.82, 2.24) is 4.90 Å². The van der Waals surface area contributed by atoms with Crippen LogP contribution in [0.25, 0.3) is 0 Å². The summed E-state index contributed by atoms with van der Waals surface area (Å²) in [6.45, 7) is 1.36. The number of likely N-dealkylation sites (tertiary alicyclic amines) is 1. The van der Waals surface area contributed by atoms with Crippen molar-refractivity contribution in [3.63, 3.8) is 0 Å². The smallest absolute Gasteiger partial charge is 0.253 e. The van der Waals surface area contributed by atoms with Crippen LogP contribution >= 0.6 is 23.2 Å². The first-order valence-corrected chi connectivity index (χ1v) is 6.93. The van der Waals surface area contributed by atoms with Crippen LogP contribution in [0.4, 0.5) is 5.69 Å². The molecule has 19 heavy (non-hydrogen) atoms. The first-order chi connectivity index (χ1) is 9.02. The molecule has 0 aliphatic carbocycles. The van der Waals surface area contributed by atoms with Gasteiger partial charge in [0.25, 0.3) is 5.91 Å². The Morgan fingerprint density at radius 1 is 1.47 bits per heavy atom. The molecule has 1 heterocycles. The van der Waals surface area contributed by atoms with Crippen molar-refractivity contribution in [2.24, 2.45) is 5.92 Å². The van der Waals surface area contributed by atoms with Gasteiger partial charge in [0.05, 0.1) is 15.7 Å². The summed E-state index contributed by atoms with van der Waals surface area (Å²) in [7, 11) is 0. The van der Waals surface area contributed by atoms with E-state index >= 15 is 0 Å². The predicted molar refractivity (Wildman–Crippen MR) is 76.6 cm³/mol. The lowest BCUT2D eigenvalue weighted by molar-refractivity contribution is 0.0621. The number of amides is 1. The van der Waals surface area contributed by atoms with Gasteiger partial charge < -0.3 is 15.7 Å². The first-order valence-electron chi connectivity index (χ1n) is 6.17. The summed E-state index contributed by atoms with van der Waals surface area (Å²) >= 11 is 11.8. The summed E-state index contributed by atoms with van der Waals surface area (Å²) in [5.74, 6) is 0.0289. The van der Waals surface area contributed by atoms with E-state index in [-0.39, 0.29) is 28.5 Å². The number of aliphatic hydroxyl groups excluding tert-OH is 1. The minimum atomic E-state index is -0.122. The zero-order valence-corrected chi connectivity index (χ0v) is 11.9. The molecule has 1 unspecified atom stereocenters. The predicted octanol–water partition coefficient (Wildman–Crippen LogP) is 2.42. The third kappa shape index (κ3) is 3.14. The minimum absolute atomic E-state index is 0.104. The summed E-state index contributed by atoms with van der Waals surface area (Å²) < 4.78 is 0. The van der Waals surface area contributed by atoms with E-state index in [0.29, 0.717) is 24.3 Å². The molecule has 1 amide bonds. The summed E-state index contributed by atoms with van der Waals surface area (Å²) in [5.41, 5.74) is 6.45. The number of nitrogen functional groups attached to an aromatic ring is 1. The van der Waals surface area contributed by atoms with E-state index in [1.807, 2.05) is 0 Å². The average molecular weight is 303 g/mol. The molecule has 1 atom stereocenters. The van der Waals surface area contributed by atoms with E-state index in [1.165, 1.54) is 6.07 Å². The maximum absolute atomic E-state index is 12.4. The van der Waals surface area contributed by atoms with Gasteiger partial charge in [0, 0.05) is 25.3 Å². The minimum Gasteiger partial charge on any atom is -0.397 e. The number of carbonyl (C=O) groups is 1. The van der Waals surface area contributed by atoms with Gasteiger partial charge in [-0.15, -0.1) is 0 Å².